The molecule has 1 amide bonds. The smallest absolute Gasteiger partial charge is 0.207 e. The van der Waals surface area contributed by atoms with E-state index in [1.165, 1.54) is 6.26 Å². The summed E-state index contributed by atoms with van der Waals surface area (Å²) in [6, 6.07) is 6.82. The molecule has 0 bridgehead atoms. The Kier molecular flexibility index (Phi) is 3.43. The van der Waals surface area contributed by atoms with Crippen LogP contribution in [0.25, 0.3) is 0 Å². The van der Waals surface area contributed by atoms with Gasteiger partial charge in [-0.3, -0.25) is 4.79 Å². The molecule has 1 aromatic carbocycles. The van der Waals surface area contributed by atoms with Crippen molar-refractivity contribution in [3.8, 4) is 0 Å². The monoisotopic (exact) mass is 267 g/mol. The van der Waals surface area contributed by atoms with Gasteiger partial charge in [0.25, 0.3) is 0 Å². The van der Waals surface area contributed by atoms with Crippen LogP contribution in [-0.4, -0.2) is 21.1 Å². The number of carbonyl (C=O) groups excluding carboxylic acids is 1. The van der Waals surface area contributed by atoms with E-state index in [-0.39, 0.29) is 5.54 Å². The van der Waals surface area contributed by atoms with Crippen LogP contribution in [0.3, 0.4) is 0 Å². The van der Waals surface area contributed by atoms with Crippen LogP contribution in [0.5, 0.6) is 0 Å². The SMILES string of the molecule is CS(=O)(=O)c1ccc(C2(NC=O)CCCC2)cc1. The Morgan fingerprint density at radius 1 is 1.17 bits per heavy atom. The van der Waals surface area contributed by atoms with E-state index in [4.69, 9.17) is 0 Å². The fourth-order valence-electron chi connectivity index (χ4n) is 2.63. The molecule has 2 rings (SSSR count). The van der Waals surface area contributed by atoms with Gasteiger partial charge in [0.1, 0.15) is 0 Å². The molecule has 1 aliphatic rings. The predicted molar refractivity (Wildman–Crippen MR) is 68.9 cm³/mol. The fraction of sp³-hybridized carbons (Fsp3) is 0.462. The minimum atomic E-state index is -3.17. The van der Waals surface area contributed by atoms with Crippen LogP contribution < -0.4 is 5.32 Å². The van der Waals surface area contributed by atoms with Crippen LogP contribution in [0, 0.1) is 0 Å². The highest BCUT2D eigenvalue weighted by Gasteiger charge is 2.35. The van der Waals surface area contributed by atoms with Crippen LogP contribution in [0.15, 0.2) is 29.2 Å². The van der Waals surface area contributed by atoms with Crippen LogP contribution in [-0.2, 0) is 20.2 Å². The second kappa shape index (κ2) is 4.72. The van der Waals surface area contributed by atoms with Crippen LogP contribution in [0.4, 0.5) is 0 Å². The standard InChI is InChI=1S/C13H17NO3S/c1-18(16,17)12-6-4-11(5-7-12)13(14-10-15)8-2-3-9-13/h4-7,10H,2-3,8-9H2,1H3,(H,14,15). The summed E-state index contributed by atoms with van der Waals surface area (Å²) in [5, 5.41) is 2.90. The molecule has 0 atom stereocenters. The Hall–Kier alpha value is -1.36. The number of sulfone groups is 1. The van der Waals surface area contributed by atoms with Crippen molar-refractivity contribution < 1.29 is 13.2 Å². The molecule has 0 radical (unpaired) electrons. The molecule has 4 nitrogen and oxygen atoms in total. The summed E-state index contributed by atoms with van der Waals surface area (Å²) < 4.78 is 22.8. The topological polar surface area (TPSA) is 63.2 Å². The van der Waals surface area contributed by atoms with E-state index in [0.29, 0.717) is 4.90 Å². The lowest BCUT2D eigenvalue weighted by Crippen LogP contribution is -2.38. The van der Waals surface area contributed by atoms with Crippen molar-refractivity contribution >= 4 is 16.2 Å². The summed E-state index contributed by atoms with van der Waals surface area (Å²) in [6.07, 6.45) is 5.89. The minimum absolute atomic E-state index is 0.308. The third-order valence-electron chi connectivity index (χ3n) is 3.63. The average molecular weight is 267 g/mol. The molecule has 0 unspecified atom stereocenters. The van der Waals surface area contributed by atoms with Gasteiger partial charge in [-0.1, -0.05) is 25.0 Å². The first-order chi connectivity index (χ1) is 8.48. The highest BCUT2D eigenvalue weighted by molar-refractivity contribution is 7.90. The number of rotatable bonds is 4. The van der Waals surface area contributed by atoms with E-state index >= 15 is 0 Å². The molecule has 1 aromatic rings. The third kappa shape index (κ3) is 2.41. The zero-order valence-electron chi connectivity index (χ0n) is 10.3. The number of hydrogen-bond donors (Lipinski definition) is 1. The molecule has 5 heteroatoms. The van der Waals surface area contributed by atoms with Crippen molar-refractivity contribution in [3.05, 3.63) is 29.8 Å². The number of nitrogens with one attached hydrogen (secondary N) is 1. The summed E-state index contributed by atoms with van der Waals surface area (Å²) in [5.74, 6) is 0. The van der Waals surface area contributed by atoms with Crippen LogP contribution >= 0.6 is 0 Å². The maximum atomic E-state index is 11.4. The second-order valence-electron chi connectivity index (χ2n) is 4.85. The largest absolute Gasteiger partial charge is 0.349 e. The minimum Gasteiger partial charge on any atom is -0.349 e. The molecule has 18 heavy (non-hydrogen) atoms. The normalized spacial score (nSPS) is 18.5. The van der Waals surface area contributed by atoms with E-state index in [0.717, 1.165) is 37.7 Å². The summed E-state index contributed by atoms with van der Waals surface area (Å²) in [5.41, 5.74) is 0.678. The fourth-order valence-corrected chi connectivity index (χ4v) is 3.26. The molecule has 0 aliphatic heterocycles. The van der Waals surface area contributed by atoms with Gasteiger partial charge in [-0.25, -0.2) is 8.42 Å². The summed E-state index contributed by atoms with van der Waals surface area (Å²) in [7, 11) is -3.17. The first-order valence-corrected chi connectivity index (χ1v) is 7.89. The van der Waals surface area contributed by atoms with Gasteiger partial charge in [0.2, 0.25) is 6.41 Å². The summed E-state index contributed by atoms with van der Waals surface area (Å²) in [6.45, 7) is 0. The molecule has 1 aliphatic carbocycles. The summed E-state index contributed by atoms with van der Waals surface area (Å²) in [4.78, 5) is 11.1. The molecule has 1 N–H and O–H groups in total. The van der Waals surface area contributed by atoms with Gasteiger partial charge < -0.3 is 5.32 Å². The zero-order chi connectivity index (χ0) is 13.2. The molecule has 98 valence electrons. The van der Waals surface area contributed by atoms with E-state index in [2.05, 4.69) is 5.32 Å². The lowest BCUT2D eigenvalue weighted by atomic mass is 9.88. The molecule has 1 fully saturated rings. The number of benzene rings is 1. The van der Waals surface area contributed by atoms with Gasteiger partial charge >= 0.3 is 0 Å². The highest BCUT2D eigenvalue weighted by atomic mass is 32.2. The lowest BCUT2D eigenvalue weighted by molar-refractivity contribution is -0.111. The van der Waals surface area contributed by atoms with Crippen molar-refractivity contribution in [2.24, 2.45) is 0 Å². The molecule has 0 heterocycles. The van der Waals surface area contributed by atoms with Crippen molar-refractivity contribution in [3.63, 3.8) is 0 Å². The van der Waals surface area contributed by atoms with E-state index in [1.54, 1.807) is 24.3 Å². The highest BCUT2D eigenvalue weighted by Crippen LogP contribution is 2.38. The van der Waals surface area contributed by atoms with Gasteiger partial charge in [0, 0.05) is 6.26 Å². The first kappa shape index (κ1) is 13.1. The average Bonchev–Trinajstić information content (AvgIpc) is 2.78. The Morgan fingerprint density at radius 3 is 2.17 bits per heavy atom. The number of amides is 1. The Labute approximate surface area is 107 Å². The quantitative estimate of drug-likeness (QED) is 0.843. The van der Waals surface area contributed by atoms with Crippen molar-refractivity contribution in [2.45, 2.75) is 36.1 Å². The second-order valence-corrected chi connectivity index (χ2v) is 6.86. The van der Waals surface area contributed by atoms with E-state index in [9.17, 15) is 13.2 Å². The number of carbonyl (C=O) groups is 1. The van der Waals surface area contributed by atoms with Gasteiger partial charge in [-0.2, -0.15) is 0 Å². The Morgan fingerprint density at radius 2 is 1.72 bits per heavy atom. The van der Waals surface area contributed by atoms with Crippen molar-refractivity contribution in [1.82, 2.24) is 5.32 Å². The van der Waals surface area contributed by atoms with Gasteiger partial charge in [0.15, 0.2) is 9.84 Å². The maximum Gasteiger partial charge on any atom is 0.207 e. The molecular formula is C13H17NO3S. The van der Waals surface area contributed by atoms with Gasteiger partial charge in [-0.05, 0) is 30.5 Å². The molecule has 1 saturated carbocycles. The Bertz CT molecular complexity index is 528. The molecule has 0 saturated heterocycles. The molecule has 0 spiro atoms. The molecular weight excluding hydrogens is 250 g/mol. The number of hydrogen-bond acceptors (Lipinski definition) is 3. The third-order valence-corrected chi connectivity index (χ3v) is 4.76. The van der Waals surface area contributed by atoms with Crippen molar-refractivity contribution in [2.75, 3.05) is 6.26 Å². The van der Waals surface area contributed by atoms with E-state index < -0.39 is 9.84 Å². The Balaban J connectivity index is 2.36. The van der Waals surface area contributed by atoms with Crippen molar-refractivity contribution in [1.29, 1.82) is 0 Å². The zero-order valence-corrected chi connectivity index (χ0v) is 11.2. The van der Waals surface area contributed by atoms with Crippen LogP contribution in [0.2, 0.25) is 0 Å². The van der Waals surface area contributed by atoms with Crippen LogP contribution in [0.1, 0.15) is 31.2 Å². The first-order valence-electron chi connectivity index (χ1n) is 6.00. The van der Waals surface area contributed by atoms with Gasteiger partial charge in [0.05, 0.1) is 10.4 Å². The van der Waals surface area contributed by atoms with E-state index in [1.807, 2.05) is 0 Å². The molecule has 0 aromatic heterocycles. The maximum absolute atomic E-state index is 11.4. The predicted octanol–water partition coefficient (Wildman–Crippen LogP) is 1.61. The summed E-state index contributed by atoms with van der Waals surface area (Å²) >= 11 is 0. The van der Waals surface area contributed by atoms with Gasteiger partial charge in [-0.15, -0.1) is 0 Å². The lowest BCUT2D eigenvalue weighted by Gasteiger charge is -2.29.